The van der Waals surface area contributed by atoms with Crippen molar-refractivity contribution in [3.05, 3.63) is 368 Å². The van der Waals surface area contributed by atoms with E-state index in [0.29, 0.717) is 90.4 Å². The first-order valence-corrected chi connectivity index (χ1v) is 40.7. The van der Waals surface area contributed by atoms with Crippen LogP contribution in [0.3, 0.4) is 0 Å². The summed E-state index contributed by atoms with van der Waals surface area (Å²) in [6.45, 7) is 16.4. The molecule has 19 aromatic rings. The van der Waals surface area contributed by atoms with E-state index >= 15 is 0 Å². The van der Waals surface area contributed by atoms with E-state index in [2.05, 4.69) is 192 Å². The minimum Gasteiger partial charge on any atom is -0.310 e. The highest BCUT2D eigenvalue weighted by Gasteiger charge is 2.46. The predicted molar refractivity (Wildman–Crippen MR) is 500 cm³/mol. The van der Waals surface area contributed by atoms with E-state index in [1.807, 2.05) is 176 Å². The van der Waals surface area contributed by atoms with Crippen LogP contribution in [0.2, 0.25) is 0 Å². The molecule has 0 atom stereocenters. The number of benzene rings is 15. The molecular formula is C109H87BN10. The average Bonchev–Trinajstić information content (AvgIpc) is 1.65. The minimum absolute atomic E-state index is 0.0380. The summed E-state index contributed by atoms with van der Waals surface area (Å²) in [5.41, 5.74) is 17.7. The van der Waals surface area contributed by atoms with E-state index in [9.17, 15) is 15.1 Å². The Morgan fingerprint density at radius 3 is 0.992 bits per heavy atom. The number of hydrogen-bond donors (Lipinski definition) is 0. The molecule has 15 aromatic carbocycles. The number of hydrogen-bond acceptors (Lipinski definition) is 8. The number of para-hydroxylation sites is 3. The number of aromatic nitrogens is 8. The van der Waals surface area contributed by atoms with Crippen molar-refractivity contribution in [2.24, 2.45) is 0 Å². The quantitative estimate of drug-likeness (QED) is 0.112. The molecular weight excluding hydrogens is 1460 g/mol. The van der Waals surface area contributed by atoms with Gasteiger partial charge in [0.05, 0.1) is 44.4 Å². The Kier molecular flexibility index (Phi) is 14.7. The molecule has 6 heterocycles. The van der Waals surface area contributed by atoms with Gasteiger partial charge in [0.15, 0.2) is 34.9 Å². The zero-order valence-electron chi connectivity index (χ0n) is 78.8. The first kappa shape index (κ1) is 61.9. The van der Waals surface area contributed by atoms with Gasteiger partial charge in [0.1, 0.15) is 0 Å². The molecule has 576 valence electrons. The van der Waals surface area contributed by atoms with Crippen molar-refractivity contribution in [2.45, 2.75) is 85.4 Å². The molecule has 10 nitrogen and oxygen atoms in total. The van der Waals surface area contributed by atoms with E-state index in [1.165, 1.54) is 15.7 Å². The number of aryl methyl sites for hydroxylation is 1. The molecule has 0 fully saturated rings. The zero-order valence-corrected chi connectivity index (χ0v) is 67.8. The van der Waals surface area contributed by atoms with Crippen LogP contribution < -0.4 is 26.2 Å². The largest absolute Gasteiger partial charge is 0.310 e. The van der Waals surface area contributed by atoms with Gasteiger partial charge in [0.25, 0.3) is 6.71 Å². The smallest absolute Gasteiger partial charge is 0.252 e. The van der Waals surface area contributed by atoms with Crippen molar-refractivity contribution in [2.75, 3.05) is 9.80 Å². The van der Waals surface area contributed by atoms with E-state index < -0.39 is 67.3 Å². The Morgan fingerprint density at radius 2 is 0.625 bits per heavy atom. The summed E-state index contributed by atoms with van der Waals surface area (Å²) >= 11 is 0. The van der Waals surface area contributed by atoms with Gasteiger partial charge in [-0.05, 0) is 170 Å². The number of nitrogens with zero attached hydrogens (tertiary/aromatic N) is 10. The monoisotopic (exact) mass is 1560 g/mol. The number of fused-ring (bicyclic) bond motifs is 10. The van der Waals surface area contributed by atoms with E-state index in [-0.39, 0.29) is 55.5 Å². The standard InChI is InChI=1S/C109H87BN10/c1-68-60-96-98-97(61-68)120(100-84(69-34-17-11-18-35-69)64-77(109(8,9)10)65-85(100)70-36-19-12-20-37-70)95-67-79(118-92-58-52-75(107(2,3)4)62-86(92)87-63-76(108(5,6)7)53-59-93(87)118)55-57-89(95)110(98)88-56-54-78(117-90-50-31-29-46-80(90)81-47-30-32-51-91(81)117)66-94(88)119(96)99-82(105-113-101(71-38-21-13-22-39-71)111-102(114-105)72-40-23-14-24-41-72)48-33-49-83(99)106-115-103(73-42-25-15-26-43-73)112-104(116-106)74-44-27-16-28-45-74/h11-67H,1-10H3/i1D3,29D,30D,31D,32D,46D,47D,50D,51D. The third-order valence-electron chi connectivity index (χ3n) is 23.6. The highest BCUT2D eigenvalue weighted by Crippen LogP contribution is 2.55. The second-order valence-electron chi connectivity index (χ2n) is 34.3. The zero-order chi connectivity index (χ0) is 90.9. The molecule has 0 amide bonds. The van der Waals surface area contributed by atoms with Crippen molar-refractivity contribution in [3.63, 3.8) is 0 Å². The third-order valence-corrected chi connectivity index (χ3v) is 23.6. The lowest BCUT2D eigenvalue weighted by atomic mass is 9.33. The second kappa shape index (κ2) is 28.5. The first-order valence-electron chi connectivity index (χ1n) is 46.2. The summed E-state index contributed by atoms with van der Waals surface area (Å²) in [5, 5.41) is 1.95. The fourth-order valence-electron chi connectivity index (χ4n) is 17.6. The third kappa shape index (κ3) is 12.5. The topological polar surface area (TPSA) is 93.7 Å². The van der Waals surface area contributed by atoms with Crippen LogP contribution >= 0.6 is 0 Å². The second-order valence-corrected chi connectivity index (χ2v) is 34.3. The van der Waals surface area contributed by atoms with Gasteiger partial charge in [-0.3, -0.25) is 0 Å². The van der Waals surface area contributed by atoms with Crippen LogP contribution in [-0.4, -0.2) is 45.8 Å². The lowest BCUT2D eigenvalue weighted by Gasteiger charge is -2.46. The number of anilines is 6. The van der Waals surface area contributed by atoms with Gasteiger partial charge in [-0.1, -0.05) is 311 Å². The molecule has 0 N–H and O–H groups in total. The summed E-state index contributed by atoms with van der Waals surface area (Å²) in [6, 6.07) is 95.2. The van der Waals surface area contributed by atoms with Gasteiger partial charge < -0.3 is 18.9 Å². The average molecular weight is 1560 g/mol. The van der Waals surface area contributed by atoms with E-state index in [1.54, 1.807) is 6.07 Å². The lowest BCUT2D eigenvalue weighted by Crippen LogP contribution is -2.61. The molecule has 21 rings (SSSR count). The summed E-state index contributed by atoms with van der Waals surface area (Å²) in [7, 11) is 0. The lowest BCUT2D eigenvalue weighted by molar-refractivity contribution is 0.590. The molecule has 0 aliphatic carbocycles. The van der Waals surface area contributed by atoms with Crippen LogP contribution in [0.1, 0.15) is 99.6 Å². The van der Waals surface area contributed by atoms with Crippen molar-refractivity contribution in [3.8, 4) is 102 Å². The molecule has 0 radical (unpaired) electrons. The molecule has 120 heavy (non-hydrogen) atoms. The maximum atomic E-state index is 10.2. The highest BCUT2D eigenvalue weighted by atomic mass is 15.2. The Morgan fingerprint density at radius 1 is 0.283 bits per heavy atom. The Labute approximate surface area is 716 Å². The van der Waals surface area contributed by atoms with Crippen LogP contribution in [0.25, 0.3) is 146 Å². The van der Waals surface area contributed by atoms with Crippen LogP contribution in [0, 0.1) is 6.85 Å². The van der Waals surface area contributed by atoms with Crippen LogP contribution in [0.5, 0.6) is 0 Å². The Hall–Kier alpha value is -14.4. The van der Waals surface area contributed by atoms with Crippen LogP contribution in [0.15, 0.2) is 346 Å². The fourth-order valence-corrected chi connectivity index (χ4v) is 17.6. The molecule has 0 saturated heterocycles. The van der Waals surface area contributed by atoms with Crippen molar-refractivity contribution in [1.29, 1.82) is 0 Å². The van der Waals surface area contributed by atoms with Crippen LogP contribution in [-0.2, 0) is 16.2 Å². The van der Waals surface area contributed by atoms with Crippen molar-refractivity contribution < 1.29 is 15.1 Å². The Bertz CT molecular complexity index is 7460. The SMILES string of the molecule is [2H]c1c([2H])c([2H])c2c(c1[2H])c1c([2H])c([2H])c([2H])c([2H])c1n2-c1ccc2c(c1)N(c1c(-c3nc(-c4ccccc4)nc(-c4ccccc4)n3)cccc1-c1nc(-c3ccccc3)nc(-c3ccccc3)n1)c1cc(C([2H])([2H])[2H])cc3c1B2c1ccc(-n2c4ccc(C(C)(C)C)cc4c4cc(C(C)(C)C)ccc42)cc1N3c1c(-c2ccccc2)cc(C(C)(C)C)cc1-c1ccccc1. The summed E-state index contributed by atoms with van der Waals surface area (Å²) in [5.74, 6) is 1.74. The minimum atomic E-state index is -2.88. The van der Waals surface area contributed by atoms with E-state index in [4.69, 9.17) is 29.9 Å². The van der Waals surface area contributed by atoms with Gasteiger partial charge in [-0.25, -0.2) is 29.9 Å². The van der Waals surface area contributed by atoms with Gasteiger partial charge in [-0.15, -0.1) is 0 Å². The molecule has 0 bridgehead atoms. The maximum Gasteiger partial charge on any atom is 0.252 e. The van der Waals surface area contributed by atoms with Crippen LogP contribution in [0.4, 0.5) is 34.1 Å². The van der Waals surface area contributed by atoms with Gasteiger partial charge in [0, 0.05) is 104 Å². The highest BCUT2D eigenvalue weighted by molar-refractivity contribution is 7.00. The molecule has 0 unspecified atom stereocenters. The summed E-state index contributed by atoms with van der Waals surface area (Å²) < 4.78 is 111. The molecule has 0 saturated carbocycles. The molecule has 2 aliphatic rings. The molecule has 4 aromatic heterocycles. The number of rotatable bonds is 12. The first-order chi connectivity index (χ1) is 62.9. The molecule has 2 aliphatic heterocycles. The van der Waals surface area contributed by atoms with Gasteiger partial charge >= 0.3 is 0 Å². The van der Waals surface area contributed by atoms with Crippen molar-refractivity contribution in [1.82, 2.24) is 39.0 Å². The van der Waals surface area contributed by atoms with Crippen molar-refractivity contribution >= 4 is 101 Å². The maximum absolute atomic E-state index is 10.2. The fraction of sp³-hybridized carbons (Fsp3) is 0.119. The predicted octanol–water partition coefficient (Wildman–Crippen LogP) is 25.9. The van der Waals surface area contributed by atoms with Gasteiger partial charge in [0.2, 0.25) is 0 Å². The molecule has 11 heteroatoms. The van der Waals surface area contributed by atoms with E-state index in [0.717, 1.165) is 72.1 Å². The summed E-state index contributed by atoms with van der Waals surface area (Å²) in [6.07, 6.45) is 0. The Balaban J connectivity index is 0.972. The van der Waals surface area contributed by atoms with Gasteiger partial charge in [-0.2, -0.15) is 0 Å². The molecule has 0 spiro atoms. The normalized spacial score (nSPS) is 14.1. The summed E-state index contributed by atoms with van der Waals surface area (Å²) in [4.78, 5) is 37.2.